The molecule has 1 unspecified atom stereocenters. The maximum absolute atomic E-state index is 13.3. The summed E-state index contributed by atoms with van der Waals surface area (Å²) in [6.07, 6.45) is 0. The number of fused-ring (bicyclic) bond motifs is 1. The Morgan fingerprint density at radius 2 is 1.94 bits per heavy atom. The number of rotatable bonds is 11. The molecule has 0 aliphatic carbocycles. The number of hydrazine groups is 1. The lowest BCUT2D eigenvalue weighted by molar-refractivity contribution is -0.150. The number of amides is 6. The van der Waals surface area contributed by atoms with Gasteiger partial charge in [-0.15, -0.1) is 33.3 Å². The molecular formula is C25H22N10O10S4. The zero-order valence-electron chi connectivity index (χ0n) is 24.3. The first-order chi connectivity index (χ1) is 23.4. The highest BCUT2D eigenvalue weighted by molar-refractivity contribution is 8.01. The number of nitrogens with one attached hydrogen (secondary N) is 4. The number of hydrogen-bond acceptors (Lipinski definition) is 18. The molecule has 49 heavy (non-hydrogen) atoms. The van der Waals surface area contributed by atoms with Crippen molar-refractivity contribution in [2.24, 2.45) is 5.16 Å². The van der Waals surface area contributed by atoms with Crippen LogP contribution in [0.1, 0.15) is 16.1 Å². The average Bonchev–Trinajstić information content (AvgIpc) is 3.76. The molecule has 2 aliphatic heterocycles. The number of nitrogens with two attached hydrogens (primary N) is 1. The number of oxime groups is 1. The van der Waals surface area contributed by atoms with E-state index in [1.165, 1.54) is 40.2 Å². The lowest BCUT2D eigenvalue weighted by Crippen LogP contribution is -2.71. The first-order valence-corrected chi connectivity index (χ1v) is 17.2. The van der Waals surface area contributed by atoms with Crippen LogP contribution in [0.4, 0.5) is 9.93 Å². The van der Waals surface area contributed by atoms with E-state index in [4.69, 9.17) is 10.6 Å². The lowest BCUT2D eigenvalue weighted by atomic mass is 10.0. The van der Waals surface area contributed by atoms with E-state index in [2.05, 4.69) is 25.7 Å². The molecule has 0 spiro atoms. The molecule has 5 rings (SSSR count). The summed E-state index contributed by atoms with van der Waals surface area (Å²) in [6, 6.07) is 0.818. The Morgan fingerprint density at radius 3 is 2.61 bits per heavy atom. The van der Waals surface area contributed by atoms with Gasteiger partial charge >= 0.3 is 12.0 Å². The smallest absolute Gasteiger partial charge is 0.352 e. The van der Waals surface area contributed by atoms with Crippen LogP contribution >= 0.6 is 46.2 Å². The number of hydrogen-bond donors (Lipinski definition) is 8. The summed E-state index contributed by atoms with van der Waals surface area (Å²) < 4.78 is 0.640. The van der Waals surface area contributed by atoms with Crippen LogP contribution in [0.2, 0.25) is 0 Å². The number of carboxylic acid groups (broad SMARTS) is 1. The Morgan fingerprint density at radius 1 is 1.14 bits per heavy atom. The summed E-state index contributed by atoms with van der Waals surface area (Å²) in [5, 5.41) is 45.2. The number of aromatic nitrogens is 3. The van der Waals surface area contributed by atoms with Crippen molar-refractivity contribution in [2.45, 2.75) is 15.8 Å². The number of imide groups is 1. The molecule has 9 N–H and O–H groups in total. The number of benzene rings is 1. The number of β-lactam (4-membered cyclic amide) rings is 1. The topological polar surface area (TPSA) is 301 Å². The van der Waals surface area contributed by atoms with Crippen LogP contribution in [0.3, 0.4) is 0 Å². The molecule has 1 fully saturated rings. The molecule has 2 atom stereocenters. The number of carboxylic acids is 1. The molecule has 24 heteroatoms. The number of anilines is 1. The Bertz CT molecular complexity index is 1880. The highest BCUT2D eigenvalue weighted by atomic mass is 32.2. The van der Waals surface area contributed by atoms with Gasteiger partial charge in [-0.2, -0.15) is 0 Å². The first kappa shape index (κ1) is 34.9. The second kappa shape index (κ2) is 15.2. The second-order valence-electron chi connectivity index (χ2n) is 9.56. The Balaban J connectivity index is 1.17. The largest absolute Gasteiger partial charge is 0.504 e. The van der Waals surface area contributed by atoms with Gasteiger partial charge < -0.3 is 31.2 Å². The number of thioether (sulfide) groups is 2. The van der Waals surface area contributed by atoms with E-state index in [-0.39, 0.29) is 33.6 Å². The minimum absolute atomic E-state index is 0.0428. The fourth-order valence-corrected chi connectivity index (χ4v) is 7.69. The van der Waals surface area contributed by atoms with Gasteiger partial charge in [-0.05, 0) is 23.8 Å². The van der Waals surface area contributed by atoms with Crippen LogP contribution in [-0.2, 0) is 24.0 Å². The van der Waals surface area contributed by atoms with Gasteiger partial charge in [0.25, 0.3) is 23.6 Å². The highest BCUT2D eigenvalue weighted by Crippen LogP contribution is 2.41. The van der Waals surface area contributed by atoms with Crippen molar-refractivity contribution >= 4 is 92.7 Å². The number of urea groups is 1. The Labute approximate surface area is 290 Å². The van der Waals surface area contributed by atoms with Gasteiger partial charge in [0.2, 0.25) is 0 Å². The van der Waals surface area contributed by atoms with Crippen LogP contribution in [0.5, 0.6) is 11.5 Å². The third-order valence-electron chi connectivity index (χ3n) is 6.36. The van der Waals surface area contributed by atoms with Gasteiger partial charge in [-0.1, -0.05) is 28.3 Å². The van der Waals surface area contributed by atoms with Crippen molar-refractivity contribution in [3.8, 4) is 11.5 Å². The first-order valence-electron chi connectivity index (χ1n) is 13.4. The van der Waals surface area contributed by atoms with Gasteiger partial charge in [0.1, 0.15) is 28.3 Å². The molecule has 2 aliphatic rings. The van der Waals surface area contributed by atoms with Crippen molar-refractivity contribution in [3.63, 3.8) is 0 Å². The quantitative estimate of drug-likeness (QED) is 0.0399. The van der Waals surface area contributed by atoms with Crippen LogP contribution in [0.25, 0.3) is 0 Å². The summed E-state index contributed by atoms with van der Waals surface area (Å²) in [5.74, 6) is -5.33. The molecule has 1 saturated heterocycles. The zero-order valence-corrected chi connectivity index (χ0v) is 27.6. The van der Waals surface area contributed by atoms with E-state index >= 15 is 0 Å². The number of aliphatic carboxylic acids is 1. The maximum atomic E-state index is 13.3. The molecule has 0 radical (unpaired) electrons. The van der Waals surface area contributed by atoms with Crippen molar-refractivity contribution in [3.05, 3.63) is 51.6 Å². The number of nitrogen functional groups attached to an aromatic ring is 1. The summed E-state index contributed by atoms with van der Waals surface area (Å²) in [4.78, 5) is 84.9. The fourth-order valence-electron chi connectivity index (χ4n) is 4.17. The van der Waals surface area contributed by atoms with Crippen molar-refractivity contribution in [1.82, 2.24) is 41.6 Å². The van der Waals surface area contributed by atoms with E-state index in [0.717, 1.165) is 34.4 Å². The van der Waals surface area contributed by atoms with Gasteiger partial charge in [0.05, 0.1) is 0 Å². The molecule has 256 valence electrons. The Kier molecular flexibility index (Phi) is 10.8. The van der Waals surface area contributed by atoms with Crippen LogP contribution < -0.4 is 27.2 Å². The third kappa shape index (κ3) is 8.16. The van der Waals surface area contributed by atoms with Crippen molar-refractivity contribution in [2.75, 3.05) is 23.8 Å². The Hall–Kier alpha value is -5.46. The SMILES string of the molecule is Nc1nc(C(=NOCC(=O)NNC(=O)NC(=O)c2ccc(O)c(O)c2)C(=O)NC2C(=O)N3C(C(=O)O)=C(CSc4nncs4)CS[C@H]23)cs1. The molecule has 3 aromatic rings. The molecule has 20 nitrogen and oxygen atoms in total. The van der Waals surface area contributed by atoms with Gasteiger partial charge in [0, 0.05) is 22.4 Å². The maximum Gasteiger partial charge on any atom is 0.352 e. The van der Waals surface area contributed by atoms with Crippen molar-refractivity contribution in [1.29, 1.82) is 0 Å². The second-order valence-corrected chi connectivity index (χ2v) is 13.6. The monoisotopic (exact) mass is 750 g/mol. The summed E-state index contributed by atoms with van der Waals surface area (Å²) >= 11 is 4.82. The van der Waals surface area contributed by atoms with Crippen molar-refractivity contribution < 1.29 is 48.9 Å². The molecular weight excluding hydrogens is 729 g/mol. The summed E-state index contributed by atoms with van der Waals surface area (Å²) in [6.45, 7) is -0.838. The third-order valence-corrected chi connectivity index (χ3v) is 10.3. The molecule has 0 saturated carbocycles. The zero-order chi connectivity index (χ0) is 35.2. The lowest BCUT2D eigenvalue weighted by Gasteiger charge is -2.49. The molecule has 1 aromatic carbocycles. The van der Waals surface area contributed by atoms with Gasteiger partial charge in [0.15, 0.2) is 33.3 Å². The minimum atomic E-state index is -1.29. The number of nitrogens with zero attached hydrogens (tertiary/aromatic N) is 5. The summed E-state index contributed by atoms with van der Waals surface area (Å²) in [7, 11) is 0. The van der Waals surface area contributed by atoms with E-state index < -0.39 is 70.9 Å². The minimum Gasteiger partial charge on any atom is -0.504 e. The van der Waals surface area contributed by atoms with E-state index in [1.807, 2.05) is 16.2 Å². The van der Waals surface area contributed by atoms with Gasteiger partial charge in [-0.3, -0.25) is 34.8 Å². The fraction of sp³-hybridized carbons (Fsp3) is 0.200. The number of carbonyl (C=O) groups excluding carboxylic acids is 5. The summed E-state index contributed by atoms with van der Waals surface area (Å²) in [5.41, 5.74) is 10.8. The number of carbonyl (C=O) groups is 6. The normalized spacial score (nSPS) is 17.0. The highest BCUT2D eigenvalue weighted by Gasteiger charge is 2.54. The van der Waals surface area contributed by atoms with Crippen LogP contribution in [-0.4, -0.2) is 106 Å². The number of phenols is 2. The molecule has 6 amide bonds. The average molecular weight is 751 g/mol. The van der Waals surface area contributed by atoms with Crippen LogP contribution in [0.15, 0.2) is 49.9 Å². The predicted octanol–water partition coefficient (Wildman–Crippen LogP) is -0.590. The van der Waals surface area contributed by atoms with E-state index in [0.29, 0.717) is 9.91 Å². The van der Waals surface area contributed by atoms with Gasteiger partial charge in [-0.25, -0.2) is 20.0 Å². The number of thiazole rings is 1. The van der Waals surface area contributed by atoms with Crippen LogP contribution in [0, 0.1) is 0 Å². The van der Waals surface area contributed by atoms with E-state index in [1.54, 1.807) is 5.51 Å². The predicted molar refractivity (Wildman–Crippen MR) is 173 cm³/mol. The molecule has 2 aromatic heterocycles. The molecule has 4 heterocycles. The van der Waals surface area contributed by atoms with E-state index in [9.17, 15) is 44.1 Å². The number of aromatic hydroxyl groups is 2. The standard InChI is InChI=1S/C25H22N10O10S4/c26-23-28-11(7-47-23)15(34-45-4-14(38)31-32-24(44)30-18(39)9-1-2-12(36)13(37)3-9)19(40)29-16-20(41)35-17(22(42)43)10(5-46-21(16)35)6-48-25-33-27-8-49-25/h1-3,7-8,16,21,36-37H,4-6H2,(H2,26,28)(H,29,40)(H,31,38)(H,42,43)(H2,30,32,39,44)/t16?,21-/m1/s1. The molecule has 0 bridgehead atoms. The number of phenolic OH excluding ortho intramolecular Hbond substituents is 2.